The fourth-order valence-corrected chi connectivity index (χ4v) is 5.26. The third-order valence-electron chi connectivity index (χ3n) is 5.54. The fourth-order valence-electron chi connectivity index (χ4n) is 3.89. The molecule has 0 spiro atoms. The van der Waals surface area contributed by atoms with E-state index in [4.69, 9.17) is 23.2 Å². The van der Waals surface area contributed by atoms with Crippen LogP contribution in [0.4, 0.5) is 5.69 Å². The average Bonchev–Trinajstić information content (AvgIpc) is 2.71. The summed E-state index contributed by atoms with van der Waals surface area (Å²) in [4.78, 5) is 28.4. The number of nitrogens with zero attached hydrogens (tertiary/aromatic N) is 2. The molecule has 0 fully saturated rings. The van der Waals surface area contributed by atoms with Gasteiger partial charge in [0.05, 0.1) is 11.9 Å². The summed E-state index contributed by atoms with van der Waals surface area (Å²) >= 11 is 12.4. The second-order valence-electron chi connectivity index (χ2n) is 9.98. The van der Waals surface area contributed by atoms with Crippen molar-refractivity contribution in [2.75, 3.05) is 17.1 Å². The summed E-state index contributed by atoms with van der Waals surface area (Å²) in [5, 5.41) is 3.72. The number of aryl methyl sites for hydroxylation is 2. The van der Waals surface area contributed by atoms with Crippen LogP contribution in [0, 0.1) is 13.8 Å². The van der Waals surface area contributed by atoms with Crippen LogP contribution in [0.1, 0.15) is 50.8 Å². The Kier molecular flexibility index (Phi) is 9.84. The van der Waals surface area contributed by atoms with Gasteiger partial charge < -0.3 is 10.2 Å². The lowest BCUT2D eigenvalue weighted by Crippen LogP contribution is -2.55. The maximum absolute atomic E-state index is 13.8. The third-order valence-corrected chi connectivity index (χ3v) is 7.25. The molecule has 2 aromatic carbocycles. The van der Waals surface area contributed by atoms with Crippen molar-refractivity contribution in [1.29, 1.82) is 0 Å². The van der Waals surface area contributed by atoms with E-state index in [0.717, 1.165) is 21.7 Å². The average molecular weight is 557 g/mol. The van der Waals surface area contributed by atoms with Gasteiger partial charge in [0, 0.05) is 22.1 Å². The molecule has 2 rings (SSSR count). The van der Waals surface area contributed by atoms with E-state index in [-0.39, 0.29) is 12.5 Å². The number of halogens is 2. The van der Waals surface area contributed by atoms with Crippen molar-refractivity contribution >= 4 is 50.7 Å². The molecule has 0 saturated carbocycles. The molecule has 0 aliphatic rings. The predicted octanol–water partition coefficient (Wildman–Crippen LogP) is 5.10. The van der Waals surface area contributed by atoms with Gasteiger partial charge in [-0.3, -0.25) is 13.9 Å². The van der Waals surface area contributed by atoms with Crippen molar-refractivity contribution < 1.29 is 18.0 Å². The molecule has 0 radical (unpaired) electrons. The molecule has 36 heavy (non-hydrogen) atoms. The first-order chi connectivity index (χ1) is 16.5. The molecule has 2 aromatic rings. The first-order valence-corrected chi connectivity index (χ1v) is 14.2. The number of nitrogens with one attached hydrogen (secondary N) is 1. The van der Waals surface area contributed by atoms with Crippen LogP contribution < -0.4 is 9.62 Å². The van der Waals surface area contributed by atoms with E-state index in [1.54, 1.807) is 44.2 Å². The van der Waals surface area contributed by atoms with Crippen molar-refractivity contribution in [2.24, 2.45) is 0 Å². The highest BCUT2D eigenvalue weighted by Gasteiger charge is 2.33. The zero-order chi connectivity index (χ0) is 27.4. The number of benzene rings is 2. The van der Waals surface area contributed by atoms with Crippen LogP contribution >= 0.6 is 23.2 Å². The zero-order valence-electron chi connectivity index (χ0n) is 21.9. The van der Waals surface area contributed by atoms with Gasteiger partial charge >= 0.3 is 0 Å². The fraction of sp³-hybridized carbons (Fsp3) is 0.462. The van der Waals surface area contributed by atoms with Gasteiger partial charge in [-0.15, -0.1) is 0 Å². The van der Waals surface area contributed by atoms with E-state index in [2.05, 4.69) is 5.32 Å². The normalized spacial score (nSPS) is 12.7. The lowest BCUT2D eigenvalue weighted by molar-refractivity contribution is -0.141. The molecule has 7 nitrogen and oxygen atoms in total. The molecule has 0 unspecified atom stereocenters. The second-order valence-corrected chi connectivity index (χ2v) is 12.7. The van der Waals surface area contributed by atoms with E-state index in [0.29, 0.717) is 27.7 Å². The molecular weight excluding hydrogens is 521 g/mol. The smallest absolute Gasteiger partial charge is 0.244 e. The number of anilines is 1. The van der Waals surface area contributed by atoms with Crippen molar-refractivity contribution in [2.45, 2.75) is 66.1 Å². The summed E-state index contributed by atoms with van der Waals surface area (Å²) in [5.74, 6) is -0.858. The maximum atomic E-state index is 13.8. The van der Waals surface area contributed by atoms with Gasteiger partial charge in [-0.1, -0.05) is 53.9 Å². The number of carbonyl (C=O) groups is 2. The zero-order valence-corrected chi connectivity index (χ0v) is 24.2. The highest BCUT2D eigenvalue weighted by atomic mass is 35.5. The summed E-state index contributed by atoms with van der Waals surface area (Å²) in [6.07, 6.45) is 1.38. The highest BCUT2D eigenvalue weighted by molar-refractivity contribution is 7.92. The van der Waals surface area contributed by atoms with Crippen LogP contribution in [0.15, 0.2) is 36.4 Å². The molecule has 1 N–H and O–H groups in total. The molecule has 0 aromatic heterocycles. The quantitative estimate of drug-likeness (QED) is 0.466. The lowest BCUT2D eigenvalue weighted by atomic mass is 10.1. The SMILES string of the molecule is CC[C@H](C(=O)NC(C)(C)C)N(Cc1ccc(Cl)cc1Cl)C(=O)CN(c1ccc(C)cc1C)S(C)(=O)=O. The summed E-state index contributed by atoms with van der Waals surface area (Å²) < 4.78 is 26.6. The molecule has 0 aliphatic carbocycles. The van der Waals surface area contributed by atoms with Crippen molar-refractivity contribution in [3.8, 4) is 0 Å². The Balaban J connectivity index is 2.53. The monoisotopic (exact) mass is 555 g/mol. The first kappa shape index (κ1) is 29.9. The van der Waals surface area contributed by atoms with Crippen LogP contribution in [0.5, 0.6) is 0 Å². The predicted molar refractivity (Wildman–Crippen MR) is 147 cm³/mol. The van der Waals surface area contributed by atoms with Crippen molar-refractivity contribution in [3.63, 3.8) is 0 Å². The summed E-state index contributed by atoms with van der Waals surface area (Å²) in [6, 6.07) is 9.40. The second kappa shape index (κ2) is 11.8. The number of sulfonamides is 1. The molecule has 0 heterocycles. The minimum absolute atomic E-state index is 0.00931. The number of rotatable bonds is 9. The van der Waals surface area contributed by atoms with Gasteiger partial charge in [-0.2, -0.15) is 0 Å². The first-order valence-electron chi connectivity index (χ1n) is 11.6. The molecule has 0 aliphatic heterocycles. The van der Waals surface area contributed by atoms with Crippen molar-refractivity contribution in [3.05, 3.63) is 63.1 Å². The van der Waals surface area contributed by atoms with E-state index in [1.807, 2.05) is 33.8 Å². The largest absolute Gasteiger partial charge is 0.350 e. The highest BCUT2D eigenvalue weighted by Crippen LogP contribution is 2.26. The third kappa shape index (κ3) is 8.11. The van der Waals surface area contributed by atoms with E-state index in [9.17, 15) is 18.0 Å². The van der Waals surface area contributed by atoms with Crippen LogP contribution in [-0.4, -0.2) is 49.5 Å². The van der Waals surface area contributed by atoms with E-state index >= 15 is 0 Å². The topological polar surface area (TPSA) is 86.8 Å². The van der Waals surface area contributed by atoms with Crippen LogP contribution in [0.25, 0.3) is 0 Å². The summed E-state index contributed by atoms with van der Waals surface area (Å²) in [6.45, 7) is 10.6. The molecule has 2 amide bonds. The van der Waals surface area contributed by atoms with Gasteiger partial charge in [-0.05, 0) is 70.4 Å². The number of hydrogen-bond acceptors (Lipinski definition) is 4. The van der Waals surface area contributed by atoms with E-state index < -0.39 is 34.1 Å². The van der Waals surface area contributed by atoms with Gasteiger partial charge in [0.2, 0.25) is 21.8 Å². The molecule has 0 bridgehead atoms. The minimum atomic E-state index is -3.81. The molecule has 10 heteroatoms. The Morgan fingerprint density at radius 1 is 1.06 bits per heavy atom. The minimum Gasteiger partial charge on any atom is -0.350 e. The number of carbonyl (C=O) groups excluding carboxylic acids is 2. The van der Waals surface area contributed by atoms with Gasteiger partial charge in [-0.25, -0.2) is 8.42 Å². The van der Waals surface area contributed by atoms with Crippen LogP contribution in [0.2, 0.25) is 10.0 Å². The Labute approximate surface area is 224 Å². The Morgan fingerprint density at radius 2 is 1.69 bits per heavy atom. The van der Waals surface area contributed by atoms with Crippen LogP contribution in [-0.2, 0) is 26.2 Å². The molecule has 1 atom stereocenters. The standard InChI is InChI=1S/C26H35Cl2N3O4S/c1-8-22(25(33)29-26(4,5)6)30(15-19-10-11-20(27)14-21(19)28)24(32)16-31(36(7,34)35)23-12-9-17(2)13-18(23)3/h9-14,22H,8,15-16H2,1-7H3,(H,29,33)/t22-/m1/s1. The summed E-state index contributed by atoms with van der Waals surface area (Å²) in [5.41, 5.74) is 2.18. The van der Waals surface area contributed by atoms with Gasteiger partial charge in [0.25, 0.3) is 0 Å². The maximum Gasteiger partial charge on any atom is 0.244 e. The Hall–Kier alpha value is -2.29. The van der Waals surface area contributed by atoms with Crippen molar-refractivity contribution in [1.82, 2.24) is 10.2 Å². The van der Waals surface area contributed by atoms with Gasteiger partial charge in [0.15, 0.2) is 0 Å². The number of hydrogen-bond donors (Lipinski definition) is 1. The molecule has 0 saturated heterocycles. The number of amides is 2. The molecule has 198 valence electrons. The van der Waals surface area contributed by atoms with E-state index in [1.165, 1.54) is 4.90 Å². The summed E-state index contributed by atoms with van der Waals surface area (Å²) in [7, 11) is -3.81. The lowest BCUT2D eigenvalue weighted by Gasteiger charge is -2.35. The Bertz CT molecular complexity index is 1230. The van der Waals surface area contributed by atoms with Gasteiger partial charge in [0.1, 0.15) is 12.6 Å². The molecular formula is C26H35Cl2N3O4S. The van der Waals surface area contributed by atoms with Crippen LogP contribution in [0.3, 0.4) is 0 Å². The Morgan fingerprint density at radius 3 is 2.19 bits per heavy atom.